The molecule has 0 saturated carbocycles. The molecule has 50 heavy (non-hydrogen) atoms. The number of aromatic nitrogens is 7. The Balaban J connectivity index is 1.10. The molecule has 6 aromatic rings. The van der Waals surface area contributed by atoms with Gasteiger partial charge in [-0.05, 0) is 70.1 Å². The lowest BCUT2D eigenvalue weighted by Crippen LogP contribution is -2.48. The van der Waals surface area contributed by atoms with Gasteiger partial charge >= 0.3 is 5.92 Å². The van der Waals surface area contributed by atoms with E-state index in [1.165, 1.54) is 13.0 Å². The Kier molecular flexibility index (Phi) is 9.51. The summed E-state index contributed by atoms with van der Waals surface area (Å²) < 4.78 is 68.7. The highest BCUT2D eigenvalue weighted by atomic mass is 19.3. The number of carbonyl (C=O) groups is 1. The van der Waals surface area contributed by atoms with E-state index in [2.05, 4.69) is 37.3 Å². The number of imidazole rings is 1. The number of alkyl halides is 2. The number of benzene rings is 3. The molecule has 1 atom stereocenters. The molecule has 252 valence electrons. The zero-order valence-electron chi connectivity index (χ0n) is 26.3. The van der Waals surface area contributed by atoms with E-state index in [-0.39, 0.29) is 5.78 Å². The summed E-state index contributed by atoms with van der Waals surface area (Å²) in [5.41, 5.74) is -2.08. The van der Waals surface area contributed by atoms with Crippen LogP contribution in [-0.2, 0) is 31.2 Å². The predicted molar refractivity (Wildman–Crippen MR) is 171 cm³/mol. The van der Waals surface area contributed by atoms with Gasteiger partial charge in [-0.1, -0.05) is 36.1 Å². The van der Waals surface area contributed by atoms with Crippen LogP contribution in [-0.4, -0.2) is 45.6 Å². The zero-order valence-corrected chi connectivity index (χ0v) is 26.3. The van der Waals surface area contributed by atoms with Crippen LogP contribution in [0.15, 0.2) is 104 Å². The van der Waals surface area contributed by atoms with Gasteiger partial charge in [0.25, 0.3) is 0 Å². The van der Waals surface area contributed by atoms with Crippen LogP contribution in [0.5, 0.6) is 5.75 Å². The van der Waals surface area contributed by atoms with Crippen LogP contribution in [0.3, 0.4) is 0 Å². The minimum absolute atomic E-state index is 0.0969. The fraction of sp³-hybridized carbons (Fsp3) is 0.167. The molecule has 0 spiro atoms. The number of pyridine rings is 1. The second-order valence-electron chi connectivity index (χ2n) is 11.3. The largest absolute Gasteiger partial charge is 0.489 e. The minimum atomic E-state index is -4.18. The van der Waals surface area contributed by atoms with Gasteiger partial charge < -0.3 is 14.4 Å². The van der Waals surface area contributed by atoms with Gasteiger partial charge in [-0.3, -0.25) is 9.78 Å². The molecule has 0 fully saturated rings. The van der Waals surface area contributed by atoms with Crippen LogP contribution in [0, 0.1) is 23.5 Å². The SMILES string of the molecule is CC(=O)c1nccn1Cc1ccc(COc2ccc(C#Cc3ccc(C(F)(F)C(O)(Cn4cnnn4)c4ccc(F)cc4F)nc3)cc2)cc1. The number of rotatable bonds is 11. The zero-order chi connectivity index (χ0) is 35.3. The van der Waals surface area contributed by atoms with Crippen molar-refractivity contribution >= 4 is 5.78 Å². The summed E-state index contributed by atoms with van der Waals surface area (Å²) in [6.45, 7) is 1.38. The maximum Gasteiger partial charge on any atom is 0.323 e. The van der Waals surface area contributed by atoms with Crippen LogP contribution in [0.2, 0.25) is 0 Å². The normalized spacial score (nSPS) is 12.5. The number of nitrogens with zero attached hydrogens (tertiary/aromatic N) is 7. The number of aliphatic hydroxyl groups is 1. The van der Waals surface area contributed by atoms with Crippen molar-refractivity contribution < 1.29 is 32.2 Å². The Morgan fingerprint density at radius 3 is 2.30 bits per heavy atom. The topological polar surface area (TPSA) is 121 Å². The molecule has 0 aliphatic carbocycles. The number of hydrogen-bond donors (Lipinski definition) is 1. The van der Waals surface area contributed by atoms with Gasteiger partial charge in [0.05, 0.1) is 6.54 Å². The summed E-state index contributed by atoms with van der Waals surface area (Å²) in [6, 6.07) is 19.0. The van der Waals surface area contributed by atoms with Crippen molar-refractivity contribution in [3.8, 4) is 17.6 Å². The molecule has 0 saturated heterocycles. The number of tetrazole rings is 1. The van der Waals surface area contributed by atoms with E-state index >= 15 is 8.78 Å². The van der Waals surface area contributed by atoms with Crippen molar-refractivity contribution in [3.63, 3.8) is 0 Å². The number of ketones is 1. The average molecular weight is 682 g/mol. The third-order valence-electron chi connectivity index (χ3n) is 7.78. The summed E-state index contributed by atoms with van der Waals surface area (Å²) in [5.74, 6) is 0.159. The predicted octanol–water partition coefficient (Wildman–Crippen LogP) is 5.45. The first kappa shape index (κ1) is 33.7. The molecular formula is C36H27F4N7O3. The average Bonchev–Trinajstić information content (AvgIpc) is 3.80. The number of Topliss-reactive ketones (excluding diaryl/α,β-unsaturated/α-hetero) is 1. The first-order valence-electron chi connectivity index (χ1n) is 15.1. The Hall–Kier alpha value is -6.20. The molecule has 0 bridgehead atoms. The summed E-state index contributed by atoms with van der Waals surface area (Å²) in [5, 5.41) is 21.6. The highest BCUT2D eigenvalue weighted by molar-refractivity contribution is 5.90. The second-order valence-corrected chi connectivity index (χ2v) is 11.3. The summed E-state index contributed by atoms with van der Waals surface area (Å²) in [7, 11) is 0. The molecule has 1 unspecified atom stereocenters. The van der Waals surface area contributed by atoms with Crippen molar-refractivity contribution in [2.45, 2.75) is 38.1 Å². The van der Waals surface area contributed by atoms with Gasteiger partial charge in [0.2, 0.25) is 0 Å². The number of hydrogen-bond acceptors (Lipinski definition) is 8. The van der Waals surface area contributed by atoms with Crippen molar-refractivity contribution in [1.29, 1.82) is 0 Å². The van der Waals surface area contributed by atoms with Crippen LogP contribution in [0.4, 0.5) is 17.6 Å². The number of carbonyl (C=O) groups excluding carboxylic acids is 1. The van der Waals surface area contributed by atoms with Gasteiger partial charge in [0.15, 0.2) is 17.2 Å². The lowest BCUT2D eigenvalue weighted by Gasteiger charge is -2.35. The molecule has 10 nitrogen and oxygen atoms in total. The second kappa shape index (κ2) is 14.1. The summed E-state index contributed by atoms with van der Waals surface area (Å²) >= 11 is 0. The first-order valence-corrected chi connectivity index (χ1v) is 15.1. The van der Waals surface area contributed by atoms with E-state index in [1.54, 1.807) is 41.2 Å². The maximum atomic E-state index is 16.0. The molecule has 14 heteroatoms. The molecule has 3 aromatic heterocycles. The Morgan fingerprint density at radius 2 is 1.64 bits per heavy atom. The molecule has 0 aliphatic rings. The molecular weight excluding hydrogens is 654 g/mol. The lowest BCUT2D eigenvalue weighted by molar-refractivity contribution is -0.207. The molecule has 3 heterocycles. The monoisotopic (exact) mass is 681 g/mol. The molecule has 0 aliphatic heterocycles. The van der Waals surface area contributed by atoms with Gasteiger partial charge in [-0.25, -0.2) is 18.4 Å². The highest BCUT2D eigenvalue weighted by Crippen LogP contribution is 2.46. The van der Waals surface area contributed by atoms with Crippen LogP contribution < -0.4 is 4.74 Å². The fourth-order valence-corrected chi connectivity index (χ4v) is 5.16. The van der Waals surface area contributed by atoms with Crippen molar-refractivity contribution in [2.24, 2.45) is 0 Å². The van der Waals surface area contributed by atoms with E-state index in [9.17, 15) is 18.7 Å². The van der Waals surface area contributed by atoms with E-state index < -0.39 is 41.0 Å². The fourth-order valence-electron chi connectivity index (χ4n) is 5.16. The number of ether oxygens (including phenoxy) is 1. The maximum absolute atomic E-state index is 16.0. The first-order chi connectivity index (χ1) is 24.0. The van der Waals surface area contributed by atoms with Crippen molar-refractivity contribution in [2.75, 3.05) is 0 Å². The summed E-state index contributed by atoms with van der Waals surface area (Å²) in [4.78, 5) is 19.6. The van der Waals surface area contributed by atoms with E-state index in [1.807, 2.05) is 24.3 Å². The van der Waals surface area contributed by atoms with Gasteiger partial charge in [0, 0.05) is 54.8 Å². The molecule has 6 rings (SSSR count). The van der Waals surface area contributed by atoms with Gasteiger partial charge in [-0.2, -0.15) is 8.78 Å². The molecule has 0 amide bonds. The van der Waals surface area contributed by atoms with E-state index in [0.717, 1.165) is 46.5 Å². The third kappa shape index (κ3) is 7.27. The Morgan fingerprint density at radius 1 is 0.920 bits per heavy atom. The van der Waals surface area contributed by atoms with Crippen molar-refractivity contribution in [1.82, 2.24) is 34.7 Å². The van der Waals surface area contributed by atoms with Gasteiger partial charge in [0.1, 0.15) is 36.0 Å². The molecule has 3 aromatic carbocycles. The molecule has 1 N–H and O–H groups in total. The Bertz CT molecular complexity index is 2160. The number of halogens is 4. The van der Waals surface area contributed by atoms with Crippen LogP contribution in [0.1, 0.15) is 51.1 Å². The van der Waals surface area contributed by atoms with Crippen LogP contribution in [0.25, 0.3) is 0 Å². The lowest BCUT2D eigenvalue weighted by atomic mass is 9.84. The molecule has 0 radical (unpaired) electrons. The van der Waals surface area contributed by atoms with E-state index in [0.29, 0.717) is 41.9 Å². The minimum Gasteiger partial charge on any atom is -0.489 e. The van der Waals surface area contributed by atoms with Gasteiger partial charge in [-0.15, -0.1) is 5.10 Å². The Labute approximate surface area is 283 Å². The smallest absolute Gasteiger partial charge is 0.323 e. The van der Waals surface area contributed by atoms with Crippen LogP contribution >= 0.6 is 0 Å². The van der Waals surface area contributed by atoms with E-state index in [4.69, 9.17) is 4.74 Å². The highest BCUT2D eigenvalue weighted by Gasteiger charge is 2.58. The quantitative estimate of drug-likeness (QED) is 0.109. The van der Waals surface area contributed by atoms with Crippen molar-refractivity contribution in [3.05, 3.63) is 155 Å². The summed E-state index contributed by atoms with van der Waals surface area (Å²) in [6.07, 6.45) is 5.45. The standard InChI is InChI=1S/C36H27F4N7O3/c1-24(48)34-41-16-17-46(34)20-27-4-6-28(7-5-27)21-50-30-12-8-25(9-13-30)2-3-26-10-15-33(42-19-26)36(39,40)35(49,22-47-23-43-44-45-47)31-14-11-29(37)18-32(31)38/h4-19,23,49H,20-22H2,1H3. The third-order valence-corrected chi connectivity index (χ3v) is 7.78.